The minimum absolute atomic E-state index is 0.0162. The largest absolute Gasteiger partial charge is 0.507 e. The van der Waals surface area contributed by atoms with E-state index in [0.29, 0.717) is 6.42 Å². The Balaban J connectivity index is 3.25. The molecule has 0 saturated heterocycles. The van der Waals surface area contributed by atoms with Crippen molar-refractivity contribution in [2.45, 2.75) is 22.8 Å². The molecule has 6 heteroatoms. The van der Waals surface area contributed by atoms with Gasteiger partial charge in [-0.25, -0.2) is 8.42 Å². The lowest BCUT2D eigenvalue weighted by molar-refractivity contribution is 0.417. The smallest absolute Gasteiger partial charge is 0.207 e. The second-order valence-electron chi connectivity index (χ2n) is 3.64. The van der Waals surface area contributed by atoms with Crippen LogP contribution in [0.2, 0.25) is 0 Å². The van der Waals surface area contributed by atoms with E-state index < -0.39 is 12.4 Å². The fourth-order valence-corrected chi connectivity index (χ4v) is 3.43. The van der Waals surface area contributed by atoms with Crippen molar-refractivity contribution in [1.82, 2.24) is 0 Å². The fraction of sp³-hybridized carbons (Fsp3) is 0.556. The topological polar surface area (TPSA) is 54.4 Å². The van der Waals surface area contributed by atoms with Gasteiger partial charge in [0, 0.05) is 0 Å². The Morgan fingerprint density at radius 1 is 1.53 bits per heavy atom. The first kappa shape index (κ1) is 13.3. The predicted octanol–water partition coefficient (Wildman–Crippen LogP) is 3.23. The van der Waals surface area contributed by atoms with E-state index in [1.165, 1.54) is 13.0 Å². The highest BCUT2D eigenvalue weighted by Crippen LogP contribution is 2.40. The second-order valence-corrected chi connectivity index (χ2v) is 11.2. The first-order valence-corrected chi connectivity index (χ1v) is 7.47. The number of hydrogen-bond donors (Lipinski definition) is 1. The maximum Gasteiger partial charge on any atom is 0.207 e. The van der Waals surface area contributed by atoms with Crippen LogP contribution in [0, 0.1) is 5.92 Å². The molecule has 0 bridgehead atoms. The molecule has 0 aromatic rings. The Hall–Kier alpha value is 0.190. The van der Waals surface area contributed by atoms with Gasteiger partial charge in [-0.05, 0) is 25.3 Å². The number of halogens is 2. The molecule has 86 valence electrons. The van der Waals surface area contributed by atoms with E-state index in [2.05, 4.69) is 31.9 Å². The summed E-state index contributed by atoms with van der Waals surface area (Å²) in [5, 5.41) is 9.56. The van der Waals surface area contributed by atoms with Crippen LogP contribution in [0.5, 0.6) is 0 Å². The zero-order valence-electron chi connectivity index (χ0n) is 8.37. The van der Waals surface area contributed by atoms with E-state index in [-0.39, 0.29) is 16.6 Å². The lowest BCUT2D eigenvalue weighted by atomic mass is 10.0. The molecule has 0 amide bonds. The number of rotatable bonds is 2. The van der Waals surface area contributed by atoms with Gasteiger partial charge >= 0.3 is 0 Å². The zero-order chi connectivity index (χ0) is 11.9. The molecule has 15 heavy (non-hydrogen) atoms. The molecule has 0 spiro atoms. The molecule has 1 atom stereocenters. The van der Waals surface area contributed by atoms with Crippen molar-refractivity contribution in [2.75, 3.05) is 0 Å². The molecule has 3 nitrogen and oxygen atoms in total. The summed E-state index contributed by atoms with van der Waals surface area (Å²) in [6.07, 6.45) is 3.76. The first-order chi connectivity index (χ1) is 6.66. The van der Waals surface area contributed by atoms with Crippen LogP contribution in [0.4, 0.5) is 0 Å². The van der Waals surface area contributed by atoms with Crippen molar-refractivity contribution >= 4 is 41.7 Å². The van der Waals surface area contributed by atoms with Gasteiger partial charge in [-0.1, -0.05) is 44.9 Å². The molecule has 1 aliphatic rings. The van der Waals surface area contributed by atoms with Crippen LogP contribution in [-0.4, -0.2) is 16.1 Å². The summed E-state index contributed by atoms with van der Waals surface area (Å²) >= 11 is 6.07. The third kappa shape index (κ3) is 2.65. The molecule has 0 fully saturated rings. The SMILES string of the molecule is CC1C=C(S(=O)(=O)C(C)(Br)Br)C(O)=CC1. The van der Waals surface area contributed by atoms with E-state index >= 15 is 0 Å². The van der Waals surface area contributed by atoms with Crippen LogP contribution >= 0.6 is 31.9 Å². The summed E-state index contributed by atoms with van der Waals surface area (Å²) in [6, 6.07) is 0. The minimum atomic E-state index is -3.61. The molecule has 1 aliphatic carbocycles. The van der Waals surface area contributed by atoms with Gasteiger partial charge in [-0.15, -0.1) is 0 Å². The van der Waals surface area contributed by atoms with Crippen LogP contribution in [-0.2, 0) is 9.84 Å². The summed E-state index contributed by atoms with van der Waals surface area (Å²) < 4.78 is 22.7. The molecule has 0 aliphatic heterocycles. The van der Waals surface area contributed by atoms with Crippen LogP contribution < -0.4 is 0 Å². The highest BCUT2D eigenvalue weighted by molar-refractivity contribution is 9.28. The number of hydrogen-bond acceptors (Lipinski definition) is 3. The van der Waals surface area contributed by atoms with Gasteiger partial charge in [-0.3, -0.25) is 0 Å². The van der Waals surface area contributed by atoms with Gasteiger partial charge in [0.15, 0.2) is 2.57 Å². The lowest BCUT2D eigenvalue weighted by Crippen LogP contribution is -2.25. The quantitative estimate of drug-likeness (QED) is 0.770. The average Bonchev–Trinajstić information content (AvgIpc) is 2.07. The van der Waals surface area contributed by atoms with Gasteiger partial charge in [0.2, 0.25) is 9.84 Å². The molecular formula is C9H12Br2O3S. The predicted molar refractivity (Wildman–Crippen MR) is 67.8 cm³/mol. The summed E-state index contributed by atoms with van der Waals surface area (Å²) in [7, 11) is -3.61. The van der Waals surface area contributed by atoms with Crippen LogP contribution in [0.15, 0.2) is 22.8 Å². The van der Waals surface area contributed by atoms with Crippen molar-refractivity contribution < 1.29 is 13.5 Å². The van der Waals surface area contributed by atoms with Gasteiger partial charge in [-0.2, -0.15) is 0 Å². The monoisotopic (exact) mass is 358 g/mol. The third-order valence-electron chi connectivity index (χ3n) is 2.13. The second kappa shape index (κ2) is 4.22. The average molecular weight is 360 g/mol. The zero-order valence-corrected chi connectivity index (χ0v) is 12.4. The standard InChI is InChI=1S/C9H12Br2O3S/c1-6-3-4-7(12)8(5-6)15(13,14)9(2,10)11/h4-6,12H,3H2,1-2H3. The van der Waals surface area contributed by atoms with E-state index in [0.717, 1.165) is 0 Å². The Morgan fingerprint density at radius 3 is 2.53 bits per heavy atom. The molecule has 0 aromatic carbocycles. The van der Waals surface area contributed by atoms with Crippen molar-refractivity contribution in [1.29, 1.82) is 0 Å². The van der Waals surface area contributed by atoms with Gasteiger partial charge < -0.3 is 5.11 Å². The van der Waals surface area contributed by atoms with E-state index in [1.54, 1.807) is 6.08 Å². The maximum absolute atomic E-state index is 12.0. The Bertz CT molecular complexity index is 415. The number of alkyl halides is 2. The molecule has 1 rings (SSSR count). The summed E-state index contributed by atoms with van der Waals surface area (Å²) in [6.45, 7) is 3.37. The first-order valence-electron chi connectivity index (χ1n) is 4.40. The molecule has 1 unspecified atom stereocenters. The molecule has 1 N–H and O–H groups in total. The Morgan fingerprint density at radius 2 is 2.07 bits per heavy atom. The van der Waals surface area contributed by atoms with Crippen molar-refractivity contribution in [2.24, 2.45) is 5.92 Å². The van der Waals surface area contributed by atoms with Gasteiger partial charge in [0.25, 0.3) is 0 Å². The lowest BCUT2D eigenvalue weighted by Gasteiger charge is -2.21. The molecule has 0 radical (unpaired) electrons. The van der Waals surface area contributed by atoms with Gasteiger partial charge in [0.1, 0.15) is 10.7 Å². The Kier molecular flexibility index (Phi) is 3.73. The fourth-order valence-electron chi connectivity index (χ4n) is 1.23. The van der Waals surface area contributed by atoms with Gasteiger partial charge in [0.05, 0.1) is 0 Å². The van der Waals surface area contributed by atoms with E-state index in [1.807, 2.05) is 6.92 Å². The number of aliphatic hydroxyl groups excluding tert-OH is 1. The maximum atomic E-state index is 12.0. The molecule has 0 saturated carbocycles. The number of aliphatic hydroxyl groups is 1. The molecule has 0 heterocycles. The molecule has 0 aromatic heterocycles. The third-order valence-corrected chi connectivity index (χ3v) is 6.56. The van der Waals surface area contributed by atoms with Crippen LogP contribution in [0.3, 0.4) is 0 Å². The minimum Gasteiger partial charge on any atom is -0.507 e. The van der Waals surface area contributed by atoms with Crippen molar-refractivity contribution in [3.05, 3.63) is 22.8 Å². The Labute approximate surface area is 106 Å². The number of allylic oxidation sites excluding steroid dienone is 2. The highest BCUT2D eigenvalue weighted by Gasteiger charge is 2.39. The van der Waals surface area contributed by atoms with Crippen molar-refractivity contribution in [3.8, 4) is 0 Å². The normalized spacial score (nSPS) is 23.3. The summed E-state index contributed by atoms with van der Waals surface area (Å²) in [5.74, 6) is -0.0498. The van der Waals surface area contributed by atoms with Crippen LogP contribution in [0.25, 0.3) is 0 Å². The van der Waals surface area contributed by atoms with Crippen molar-refractivity contribution in [3.63, 3.8) is 0 Å². The van der Waals surface area contributed by atoms with E-state index in [4.69, 9.17) is 0 Å². The van der Waals surface area contributed by atoms with Crippen LogP contribution in [0.1, 0.15) is 20.3 Å². The molecular weight excluding hydrogens is 348 g/mol. The number of sulfone groups is 1. The highest BCUT2D eigenvalue weighted by atomic mass is 79.9. The summed E-state index contributed by atoms with van der Waals surface area (Å²) in [4.78, 5) is -0.0162. The summed E-state index contributed by atoms with van der Waals surface area (Å²) in [5.41, 5.74) is 0. The van der Waals surface area contributed by atoms with E-state index in [9.17, 15) is 13.5 Å².